The molecule has 0 unspecified atom stereocenters. The van der Waals surface area contributed by atoms with Crippen LogP contribution in [0.15, 0.2) is 11.6 Å². The summed E-state index contributed by atoms with van der Waals surface area (Å²) >= 11 is 1.75. The molecule has 2 amide bonds. The summed E-state index contributed by atoms with van der Waals surface area (Å²) in [6.45, 7) is 9.77. The van der Waals surface area contributed by atoms with Gasteiger partial charge in [0.1, 0.15) is 0 Å². The van der Waals surface area contributed by atoms with Gasteiger partial charge in [-0.25, -0.2) is 9.78 Å². The van der Waals surface area contributed by atoms with E-state index in [1.54, 1.807) is 17.5 Å². The quantitative estimate of drug-likeness (QED) is 0.720. The molecule has 142 valence electrons. The van der Waals surface area contributed by atoms with E-state index in [1.165, 1.54) is 5.01 Å². The maximum Gasteiger partial charge on any atom is 0.319 e. The van der Waals surface area contributed by atoms with Gasteiger partial charge in [0.25, 0.3) is 0 Å². The van der Waals surface area contributed by atoms with E-state index in [4.69, 9.17) is 4.98 Å². The van der Waals surface area contributed by atoms with Gasteiger partial charge in [-0.05, 0) is 26.3 Å². The molecule has 7 nitrogen and oxygen atoms in total. The Balaban J connectivity index is 1.63. The molecule has 2 aromatic heterocycles. The summed E-state index contributed by atoms with van der Waals surface area (Å²) in [6.07, 6.45) is 3.92. The van der Waals surface area contributed by atoms with Crippen LogP contribution in [0.25, 0.3) is 0 Å². The fraction of sp³-hybridized carbons (Fsp3) is 0.611. The SMILES string of the molecule is CCNC(=O)Nc1cn[nH]c1[C@H]1CCCN(Cc2csc(C(C)C)n2)C1. The molecule has 1 fully saturated rings. The lowest BCUT2D eigenvalue weighted by Crippen LogP contribution is -2.35. The van der Waals surface area contributed by atoms with Crippen molar-refractivity contribution in [2.45, 2.75) is 52.0 Å². The Kier molecular flexibility index (Phi) is 6.26. The lowest BCUT2D eigenvalue weighted by atomic mass is 9.94. The molecule has 0 aliphatic carbocycles. The highest BCUT2D eigenvalue weighted by molar-refractivity contribution is 7.09. The Morgan fingerprint density at radius 3 is 3.08 bits per heavy atom. The number of rotatable bonds is 6. The van der Waals surface area contributed by atoms with Crippen LogP contribution in [0, 0.1) is 0 Å². The summed E-state index contributed by atoms with van der Waals surface area (Å²) < 4.78 is 0. The fourth-order valence-corrected chi connectivity index (χ4v) is 4.18. The first-order valence-corrected chi connectivity index (χ1v) is 10.2. The van der Waals surface area contributed by atoms with Crippen LogP contribution in [-0.2, 0) is 6.54 Å². The summed E-state index contributed by atoms with van der Waals surface area (Å²) in [5.41, 5.74) is 2.95. The van der Waals surface area contributed by atoms with Gasteiger partial charge in [-0.2, -0.15) is 5.10 Å². The van der Waals surface area contributed by atoms with Gasteiger partial charge in [0.15, 0.2) is 0 Å². The molecule has 3 heterocycles. The molecule has 1 atom stereocenters. The van der Waals surface area contributed by atoms with E-state index in [2.05, 4.69) is 45.0 Å². The third-order valence-corrected chi connectivity index (χ3v) is 5.81. The van der Waals surface area contributed by atoms with Crippen LogP contribution >= 0.6 is 11.3 Å². The van der Waals surface area contributed by atoms with Gasteiger partial charge in [-0.3, -0.25) is 10.00 Å². The molecule has 0 radical (unpaired) electrons. The molecule has 0 aromatic carbocycles. The van der Waals surface area contributed by atoms with E-state index in [9.17, 15) is 4.79 Å². The summed E-state index contributed by atoms with van der Waals surface area (Å²) in [5, 5.41) is 16.3. The summed E-state index contributed by atoms with van der Waals surface area (Å²) in [4.78, 5) is 19.0. The molecule has 0 spiro atoms. The van der Waals surface area contributed by atoms with E-state index in [-0.39, 0.29) is 6.03 Å². The second-order valence-electron chi connectivity index (χ2n) is 7.09. The van der Waals surface area contributed by atoms with Gasteiger partial charge in [-0.15, -0.1) is 11.3 Å². The number of carbonyl (C=O) groups is 1. The molecule has 1 aliphatic rings. The topological polar surface area (TPSA) is 85.9 Å². The number of aromatic nitrogens is 3. The van der Waals surface area contributed by atoms with Gasteiger partial charge in [0.05, 0.1) is 28.3 Å². The zero-order valence-corrected chi connectivity index (χ0v) is 16.5. The summed E-state index contributed by atoms with van der Waals surface area (Å²) in [6, 6.07) is -0.188. The van der Waals surface area contributed by atoms with Crippen molar-refractivity contribution in [3.8, 4) is 0 Å². The van der Waals surface area contributed by atoms with Crippen molar-refractivity contribution in [2.75, 3.05) is 25.0 Å². The number of piperidine rings is 1. The number of urea groups is 1. The Labute approximate surface area is 158 Å². The van der Waals surface area contributed by atoms with Gasteiger partial charge in [0.2, 0.25) is 0 Å². The predicted molar refractivity (Wildman–Crippen MR) is 105 cm³/mol. The average molecular weight is 377 g/mol. The highest BCUT2D eigenvalue weighted by Crippen LogP contribution is 2.31. The molecule has 8 heteroatoms. The third kappa shape index (κ3) is 4.62. The maximum absolute atomic E-state index is 11.8. The second kappa shape index (κ2) is 8.64. The minimum absolute atomic E-state index is 0.188. The van der Waals surface area contributed by atoms with Crippen molar-refractivity contribution < 1.29 is 4.79 Å². The van der Waals surface area contributed by atoms with Gasteiger partial charge >= 0.3 is 6.03 Å². The normalized spacial score (nSPS) is 18.2. The van der Waals surface area contributed by atoms with Gasteiger partial charge < -0.3 is 10.6 Å². The standard InChI is InChI=1S/C18H28N6OS/c1-4-19-18(25)22-15-8-20-23-16(15)13-6-5-7-24(9-13)10-14-11-26-17(21-14)12(2)3/h8,11-13H,4-7,9-10H2,1-3H3,(H,20,23)(H2,19,22,25)/t13-/m0/s1. The maximum atomic E-state index is 11.8. The largest absolute Gasteiger partial charge is 0.338 e. The van der Waals surface area contributed by atoms with Crippen molar-refractivity contribution in [3.05, 3.63) is 28.0 Å². The molecule has 1 aliphatic heterocycles. The number of likely N-dealkylation sites (tertiary alicyclic amines) is 1. The zero-order chi connectivity index (χ0) is 18.5. The van der Waals surface area contributed by atoms with Crippen molar-refractivity contribution in [3.63, 3.8) is 0 Å². The molecule has 26 heavy (non-hydrogen) atoms. The lowest BCUT2D eigenvalue weighted by molar-refractivity contribution is 0.197. The van der Waals surface area contributed by atoms with E-state index < -0.39 is 0 Å². The van der Waals surface area contributed by atoms with Crippen LogP contribution in [0.3, 0.4) is 0 Å². The van der Waals surface area contributed by atoms with Crippen LogP contribution in [0.5, 0.6) is 0 Å². The minimum atomic E-state index is -0.188. The molecule has 0 bridgehead atoms. The monoisotopic (exact) mass is 376 g/mol. The highest BCUT2D eigenvalue weighted by Gasteiger charge is 2.25. The smallest absolute Gasteiger partial charge is 0.319 e. The summed E-state index contributed by atoms with van der Waals surface area (Å²) in [7, 11) is 0. The van der Waals surface area contributed by atoms with E-state index >= 15 is 0 Å². The average Bonchev–Trinajstić information content (AvgIpc) is 3.25. The molecule has 1 saturated heterocycles. The number of thiazole rings is 1. The number of H-pyrrole nitrogens is 1. The first-order chi connectivity index (χ1) is 12.6. The molecule has 3 N–H and O–H groups in total. The van der Waals surface area contributed by atoms with Crippen molar-refractivity contribution in [2.24, 2.45) is 0 Å². The molecular weight excluding hydrogens is 348 g/mol. The first-order valence-electron chi connectivity index (χ1n) is 9.31. The highest BCUT2D eigenvalue weighted by atomic mass is 32.1. The number of aromatic amines is 1. The molecule has 0 saturated carbocycles. The Morgan fingerprint density at radius 2 is 2.35 bits per heavy atom. The Morgan fingerprint density at radius 1 is 1.50 bits per heavy atom. The van der Waals surface area contributed by atoms with Gasteiger partial charge in [-0.1, -0.05) is 13.8 Å². The fourth-order valence-electron chi connectivity index (χ4n) is 3.36. The number of amides is 2. The number of hydrogen-bond donors (Lipinski definition) is 3. The van der Waals surface area contributed by atoms with E-state index in [0.29, 0.717) is 18.4 Å². The van der Waals surface area contributed by atoms with E-state index in [0.717, 1.165) is 49.6 Å². The van der Waals surface area contributed by atoms with Crippen LogP contribution < -0.4 is 10.6 Å². The van der Waals surface area contributed by atoms with E-state index in [1.807, 2.05) is 6.92 Å². The number of nitrogens with zero attached hydrogens (tertiary/aromatic N) is 3. The second-order valence-corrected chi connectivity index (χ2v) is 7.98. The molecule has 2 aromatic rings. The van der Waals surface area contributed by atoms with Crippen LogP contribution in [0.2, 0.25) is 0 Å². The zero-order valence-electron chi connectivity index (χ0n) is 15.7. The molecule has 3 rings (SSSR count). The molecular formula is C18H28N6OS. The number of nitrogens with one attached hydrogen (secondary N) is 3. The van der Waals surface area contributed by atoms with Crippen molar-refractivity contribution in [1.82, 2.24) is 25.4 Å². The Bertz CT molecular complexity index is 725. The number of carbonyl (C=O) groups excluding carboxylic acids is 1. The van der Waals surface area contributed by atoms with Gasteiger partial charge in [0, 0.05) is 36.9 Å². The summed E-state index contributed by atoms with van der Waals surface area (Å²) in [5.74, 6) is 0.821. The number of anilines is 1. The Hall–Kier alpha value is -1.93. The predicted octanol–water partition coefficient (Wildman–Crippen LogP) is 3.51. The van der Waals surface area contributed by atoms with Crippen molar-refractivity contribution >= 4 is 23.1 Å². The minimum Gasteiger partial charge on any atom is -0.338 e. The first kappa shape index (κ1) is 18.8. The van der Waals surface area contributed by atoms with Crippen LogP contribution in [-0.4, -0.2) is 45.7 Å². The third-order valence-electron chi connectivity index (χ3n) is 4.62. The van der Waals surface area contributed by atoms with Crippen LogP contribution in [0.4, 0.5) is 10.5 Å². The van der Waals surface area contributed by atoms with Crippen LogP contribution in [0.1, 0.15) is 61.8 Å². The lowest BCUT2D eigenvalue weighted by Gasteiger charge is -2.32. The van der Waals surface area contributed by atoms with Crippen molar-refractivity contribution in [1.29, 1.82) is 0 Å². The number of hydrogen-bond acceptors (Lipinski definition) is 5.